The molecule has 1 saturated heterocycles. The summed E-state index contributed by atoms with van der Waals surface area (Å²) in [7, 11) is 0. The van der Waals surface area contributed by atoms with Crippen molar-refractivity contribution in [1.29, 1.82) is 0 Å². The molecule has 1 atom stereocenters. The van der Waals surface area contributed by atoms with Crippen LogP contribution in [0.5, 0.6) is 0 Å². The van der Waals surface area contributed by atoms with Crippen LogP contribution in [0.1, 0.15) is 30.3 Å². The first-order valence-corrected chi connectivity index (χ1v) is 8.43. The van der Waals surface area contributed by atoms with E-state index < -0.39 is 5.82 Å². The minimum absolute atomic E-state index is 0.151. The average molecular weight is 344 g/mol. The molecule has 1 N–H and O–H groups in total. The number of amides is 1. The van der Waals surface area contributed by atoms with Gasteiger partial charge in [0.15, 0.2) is 0 Å². The number of hydrogen-bond acceptors (Lipinski definition) is 4. The number of aromatic nitrogens is 2. The van der Waals surface area contributed by atoms with E-state index in [0.717, 1.165) is 17.8 Å². The van der Waals surface area contributed by atoms with E-state index in [4.69, 9.17) is 0 Å². The highest BCUT2D eigenvalue weighted by Gasteiger charge is 2.19. The fourth-order valence-corrected chi connectivity index (χ4v) is 2.94. The van der Waals surface area contributed by atoms with Crippen LogP contribution in [0.3, 0.4) is 0 Å². The minimum Gasteiger partial charge on any atom is -0.349 e. The number of nitrogens with one attached hydrogen (secondary N) is 1. The number of carbonyl (C=O) groups is 1. The third-order valence-electron chi connectivity index (χ3n) is 4.43. The minimum atomic E-state index is -0.401. The number of likely N-dealkylation sites (tertiary alicyclic amines) is 1. The molecular weight excluding hydrogens is 323 g/mol. The maximum absolute atomic E-state index is 13.0. The quantitative estimate of drug-likeness (QED) is 0.894. The summed E-state index contributed by atoms with van der Waals surface area (Å²) in [6.45, 7) is 4.73. The summed E-state index contributed by atoms with van der Waals surface area (Å²) < 4.78 is 14.1. The molecule has 1 fully saturated rings. The van der Waals surface area contributed by atoms with E-state index in [0.29, 0.717) is 12.2 Å². The van der Waals surface area contributed by atoms with Gasteiger partial charge in [0, 0.05) is 18.7 Å². The number of nitrogens with zero attached hydrogens (tertiary/aromatic N) is 3. The van der Waals surface area contributed by atoms with Gasteiger partial charge in [0.2, 0.25) is 0 Å². The van der Waals surface area contributed by atoms with E-state index in [1.54, 1.807) is 0 Å². The molecule has 1 unspecified atom stereocenters. The largest absolute Gasteiger partial charge is 0.349 e. The van der Waals surface area contributed by atoms with Crippen molar-refractivity contribution in [2.45, 2.75) is 25.8 Å². The highest BCUT2D eigenvalue weighted by Crippen LogP contribution is 2.11. The first kappa shape index (κ1) is 17.3. The summed E-state index contributed by atoms with van der Waals surface area (Å²) in [6, 6.07) is 8.33. The predicted molar refractivity (Wildman–Crippen MR) is 92.4 cm³/mol. The van der Waals surface area contributed by atoms with Gasteiger partial charge in [0.25, 0.3) is 11.5 Å². The Hall–Kier alpha value is -2.54. The molecule has 0 bridgehead atoms. The lowest BCUT2D eigenvalue weighted by molar-refractivity contribution is 0.0933. The number of rotatable bonds is 5. The standard InChI is InChI=1S/C18H21FN4O2/c1-13(22-10-2-3-11-22)12-20-18(25)16-8-9-17(24)23(21-16)15-6-4-14(19)5-7-15/h4-9,13H,2-3,10-12H2,1H3,(H,20,25). The summed E-state index contributed by atoms with van der Waals surface area (Å²) in [5, 5.41) is 6.97. The Morgan fingerprint density at radius 2 is 1.88 bits per heavy atom. The molecule has 132 valence electrons. The number of carbonyl (C=O) groups excluding carboxylic acids is 1. The highest BCUT2D eigenvalue weighted by molar-refractivity contribution is 5.92. The molecule has 1 amide bonds. The van der Waals surface area contributed by atoms with Crippen molar-refractivity contribution >= 4 is 5.91 Å². The Morgan fingerprint density at radius 3 is 2.56 bits per heavy atom. The summed E-state index contributed by atoms with van der Waals surface area (Å²) in [4.78, 5) is 26.7. The van der Waals surface area contributed by atoms with Gasteiger partial charge >= 0.3 is 0 Å². The van der Waals surface area contributed by atoms with Gasteiger partial charge in [-0.1, -0.05) is 0 Å². The normalized spacial score (nSPS) is 15.9. The number of benzene rings is 1. The lowest BCUT2D eigenvalue weighted by atomic mass is 10.2. The van der Waals surface area contributed by atoms with Gasteiger partial charge in [-0.15, -0.1) is 0 Å². The fraction of sp³-hybridized carbons (Fsp3) is 0.389. The topological polar surface area (TPSA) is 67.2 Å². The molecule has 3 rings (SSSR count). The lowest BCUT2D eigenvalue weighted by Crippen LogP contribution is -2.41. The molecule has 25 heavy (non-hydrogen) atoms. The SMILES string of the molecule is CC(CNC(=O)c1ccc(=O)n(-c2ccc(F)cc2)n1)N1CCCC1. The monoisotopic (exact) mass is 344 g/mol. The van der Waals surface area contributed by atoms with Crippen molar-refractivity contribution in [2.75, 3.05) is 19.6 Å². The van der Waals surface area contributed by atoms with Gasteiger partial charge in [0.05, 0.1) is 5.69 Å². The van der Waals surface area contributed by atoms with Gasteiger partial charge in [0.1, 0.15) is 11.5 Å². The first-order chi connectivity index (χ1) is 12.0. The summed E-state index contributed by atoms with van der Waals surface area (Å²) in [5.41, 5.74) is 0.178. The molecule has 1 aromatic carbocycles. The number of halogens is 1. The molecule has 1 aliphatic rings. The molecular formula is C18H21FN4O2. The molecule has 0 radical (unpaired) electrons. The predicted octanol–water partition coefficient (Wildman–Crippen LogP) is 1.59. The fourth-order valence-electron chi connectivity index (χ4n) is 2.94. The van der Waals surface area contributed by atoms with Gasteiger partial charge in [-0.05, 0) is 63.2 Å². The molecule has 1 aliphatic heterocycles. The smallest absolute Gasteiger partial charge is 0.271 e. The summed E-state index contributed by atoms with van der Waals surface area (Å²) in [6.07, 6.45) is 2.39. The van der Waals surface area contributed by atoms with Crippen LogP contribution < -0.4 is 10.9 Å². The molecule has 0 saturated carbocycles. The van der Waals surface area contributed by atoms with Gasteiger partial charge in [-0.25, -0.2) is 4.39 Å². The van der Waals surface area contributed by atoms with E-state index >= 15 is 0 Å². The van der Waals surface area contributed by atoms with Crippen molar-refractivity contribution in [3.05, 3.63) is 58.3 Å². The zero-order valence-electron chi connectivity index (χ0n) is 14.1. The van der Waals surface area contributed by atoms with Crippen LogP contribution in [-0.2, 0) is 0 Å². The second-order valence-corrected chi connectivity index (χ2v) is 6.25. The van der Waals surface area contributed by atoms with Crippen molar-refractivity contribution < 1.29 is 9.18 Å². The first-order valence-electron chi connectivity index (χ1n) is 8.43. The molecule has 7 heteroatoms. The maximum atomic E-state index is 13.0. The van der Waals surface area contributed by atoms with Crippen LogP contribution in [0.25, 0.3) is 5.69 Å². The van der Waals surface area contributed by atoms with Gasteiger partial charge in [-0.2, -0.15) is 9.78 Å². The summed E-state index contributed by atoms with van der Waals surface area (Å²) in [5.74, 6) is -0.733. The van der Waals surface area contributed by atoms with E-state index in [9.17, 15) is 14.0 Å². The van der Waals surface area contributed by atoms with Crippen molar-refractivity contribution in [3.8, 4) is 5.69 Å². The molecule has 2 aromatic rings. The highest BCUT2D eigenvalue weighted by atomic mass is 19.1. The summed E-state index contributed by atoms with van der Waals surface area (Å²) >= 11 is 0. The van der Waals surface area contributed by atoms with Crippen LogP contribution in [0.4, 0.5) is 4.39 Å². The van der Waals surface area contributed by atoms with E-state index in [1.165, 1.54) is 49.2 Å². The molecule has 6 nitrogen and oxygen atoms in total. The number of hydrogen-bond donors (Lipinski definition) is 1. The third-order valence-corrected chi connectivity index (χ3v) is 4.43. The van der Waals surface area contributed by atoms with Crippen molar-refractivity contribution in [1.82, 2.24) is 20.0 Å². The van der Waals surface area contributed by atoms with Crippen molar-refractivity contribution in [3.63, 3.8) is 0 Å². The van der Waals surface area contributed by atoms with Crippen LogP contribution in [0.2, 0.25) is 0 Å². The average Bonchev–Trinajstić information content (AvgIpc) is 3.15. The molecule has 0 aliphatic carbocycles. The Balaban J connectivity index is 1.71. The zero-order chi connectivity index (χ0) is 17.8. The van der Waals surface area contributed by atoms with Crippen LogP contribution in [0.15, 0.2) is 41.2 Å². The van der Waals surface area contributed by atoms with Crippen LogP contribution >= 0.6 is 0 Å². The van der Waals surface area contributed by atoms with E-state index in [-0.39, 0.29) is 23.2 Å². The molecule has 2 heterocycles. The van der Waals surface area contributed by atoms with Crippen LogP contribution in [0, 0.1) is 5.82 Å². The molecule has 0 spiro atoms. The lowest BCUT2D eigenvalue weighted by Gasteiger charge is -2.23. The Morgan fingerprint density at radius 1 is 1.20 bits per heavy atom. The Bertz CT molecular complexity index is 797. The molecule has 1 aromatic heterocycles. The zero-order valence-corrected chi connectivity index (χ0v) is 14.1. The second kappa shape index (κ2) is 7.57. The van der Waals surface area contributed by atoms with E-state index in [1.807, 2.05) is 0 Å². The Labute approximate surface area is 145 Å². The van der Waals surface area contributed by atoms with Gasteiger partial charge < -0.3 is 5.32 Å². The van der Waals surface area contributed by atoms with Crippen molar-refractivity contribution in [2.24, 2.45) is 0 Å². The van der Waals surface area contributed by atoms with E-state index in [2.05, 4.69) is 22.2 Å². The third kappa shape index (κ3) is 4.11. The van der Waals surface area contributed by atoms with Crippen LogP contribution in [-0.4, -0.2) is 46.3 Å². The second-order valence-electron chi connectivity index (χ2n) is 6.25. The Kier molecular flexibility index (Phi) is 5.23. The maximum Gasteiger partial charge on any atom is 0.271 e. The van der Waals surface area contributed by atoms with Gasteiger partial charge in [-0.3, -0.25) is 14.5 Å².